The Morgan fingerprint density at radius 3 is 2.10 bits per heavy atom. The highest BCUT2D eigenvalue weighted by Crippen LogP contribution is 2.34. The Morgan fingerprint density at radius 1 is 0.878 bits per heavy atom. The molecule has 0 aromatic heterocycles. The molecule has 9 nitrogen and oxygen atoms in total. The van der Waals surface area contributed by atoms with Gasteiger partial charge in [0.25, 0.3) is 10.0 Å². The van der Waals surface area contributed by atoms with Gasteiger partial charge in [-0.25, -0.2) is 8.42 Å². The average Bonchev–Trinajstić information content (AvgIpc) is 2.95. The van der Waals surface area contributed by atoms with Crippen molar-refractivity contribution in [3.8, 4) is 11.5 Å². The van der Waals surface area contributed by atoms with E-state index in [2.05, 4.69) is 5.32 Å². The van der Waals surface area contributed by atoms with Crippen LogP contribution in [0.3, 0.4) is 0 Å². The number of nitrogens with zero attached hydrogens (tertiary/aromatic N) is 2. The number of sulfonamides is 1. The highest BCUT2D eigenvalue weighted by atomic mass is 32.2. The molecule has 41 heavy (non-hydrogen) atoms. The number of hydrogen-bond donors (Lipinski definition) is 1. The van der Waals surface area contributed by atoms with Crippen molar-refractivity contribution in [1.29, 1.82) is 0 Å². The standard InChI is InChI=1S/C31H39N3O6S/c1-22(2)32-31(36)24(4)33(19-18-25-10-8-7-9-11-25)30(35)21-34(26-14-17-28(39-5)29(20-26)40-6)41(37,38)27-15-12-23(3)13-16-27/h7-17,20,22,24H,18-19,21H2,1-6H3,(H,32,36)/t24-/m1/s1. The van der Waals surface area contributed by atoms with Gasteiger partial charge in [0.1, 0.15) is 12.6 Å². The van der Waals surface area contributed by atoms with Crippen molar-refractivity contribution in [2.75, 3.05) is 31.6 Å². The minimum absolute atomic E-state index is 0.0344. The van der Waals surface area contributed by atoms with Gasteiger partial charge >= 0.3 is 0 Å². The summed E-state index contributed by atoms with van der Waals surface area (Å²) in [7, 11) is -1.25. The Bertz CT molecular complexity index is 1430. The molecule has 0 aliphatic heterocycles. The normalized spacial score (nSPS) is 12.0. The highest BCUT2D eigenvalue weighted by Gasteiger charge is 2.33. The number of carbonyl (C=O) groups is 2. The quantitative estimate of drug-likeness (QED) is 0.325. The molecule has 0 bridgehead atoms. The number of aryl methyl sites for hydroxylation is 1. The average molecular weight is 582 g/mol. The third kappa shape index (κ3) is 8.00. The van der Waals surface area contributed by atoms with E-state index in [0.29, 0.717) is 17.9 Å². The first-order valence-corrected chi connectivity index (χ1v) is 14.9. The highest BCUT2D eigenvalue weighted by molar-refractivity contribution is 7.92. The van der Waals surface area contributed by atoms with E-state index < -0.39 is 28.5 Å². The molecule has 3 aromatic rings. The molecule has 0 saturated heterocycles. The van der Waals surface area contributed by atoms with Crippen molar-refractivity contribution in [3.05, 3.63) is 83.9 Å². The van der Waals surface area contributed by atoms with Crippen LogP contribution in [0, 0.1) is 6.92 Å². The molecule has 0 aliphatic rings. The molecule has 0 aliphatic carbocycles. The summed E-state index contributed by atoms with van der Waals surface area (Å²) in [5.41, 5.74) is 2.11. The summed E-state index contributed by atoms with van der Waals surface area (Å²) in [5, 5.41) is 2.86. The molecule has 220 valence electrons. The zero-order valence-corrected chi connectivity index (χ0v) is 25.3. The predicted molar refractivity (Wildman–Crippen MR) is 160 cm³/mol. The fourth-order valence-corrected chi connectivity index (χ4v) is 5.73. The minimum atomic E-state index is -4.19. The molecular formula is C31H39N3O6S. The molecule has 10 heteroatoms. The van der Waals surface area contributed by atoms with Crippen molar-refractivity contribution in [3.63, 3.8) is 0 Å². The molecule has 0 heterocycles. The molecule has 2 amide bonds. The fourth-order valence-electron chi connectivity index (χ4n) is 4.32. The lowest BCUT2D eigenvalue weighted by atomic mass is 10.1. The maximum absolute atomic E-state index is 14.0. The van der Waals surface area contributed by atoms with Crippen molar-refractivity contribution in [2.45, 2.75) is 51.1 Å². The molecule has 0 fully saturated rings. The van der Waals surface area contributed by atoms with Crippen LogP contribution in [0.25, 0.3) is 0 Å². The van der Waals surface area contributed by atoms with E-state index in [1.807, 2.05) is 51.1 Å². The maximum atomic E-state index is 14.0. The van der Waals surface area contributed by atoms with E-state index >= 15 is 0 Å². The van der Waals surface area contributed by atoms with Gasteiger partial charge in [-0.05, 0) is 63.9 Å². The summed E-state index contributed by atoms with van der Waals surface area (Å²) in [6.07, 6.45) is 0.493. The molecule has 1 N–H and O–H groups in total. The maximum Gasteiger partial charge on any atom is 0.264 e. The SMILES string of the molecule is COc1ccc(N(CC(=O)N(CCc2ccccc2)[C@H](C)C(=O)NC(C)C)S(=O)(=O)c2ccc(C)cc2)cc1OC. The van der Waals surface area contributed by atoms with Gasteiger partial charge in [0.2, 0.25) is 11.8 Å². The van der Waals surface area contributed by atoms with Crippen molar-refractivity contribution in [1.82, 2.24) is 10.2 Å². The van der Waals surface area contributed by atoms with Gasteiger partial charge in [-0.15, -0.1) is 0 Å². The van der Waals surface area contributed by atoms with Crippen LogP contribution in [0.2, 0.25) is 0 Å². The first-order chi connectivity index (χ1) is 19.5. The van der Waals surface area contributed by atoms with E-state index in [1.165, 1.54) is 37.3 Å². The largest absolute Gasteiger partial charge is 0.493 e. The van der Waals surface area contributed by atoms with E-state index in [1.54, 1.807) is 31.2 Å². The van der Waals surface area contributed by atoms with Gasteiger partial charge in [-0.1, -0.05) is 48.0 Å². The molecule has 1 atom stereocenters. The molecule has 3 rings (SSSR count). The van der Waals surface area contributed by atoms with Gasteiger partial charge < -0.3 is 19.7 Å². The first-order valence-electron chi connectivity index (χ1n) is 13.4. The fraction of sp³-hybridized carbons (Fsp3) is 0.355. The van der Waals surface area contributed by atoms with Gasteiger partial charge in [-0.3, -0.25) is 13.9 Å². The summed E-state index contributed by atoms with van der Waals surface area (Å²) >= 11 is 0. The summed E-state index contributed by atoms with van der Waals surface area (Å²) in [6.45, 7) is 6.89. The van der Waals surface area contributed by atoms with Gasteiger partial charge in [0.05, 0.1) is 24.8 Å². The number of benzene rings is 3. The third-order valence-corrected chi connectivity index (χ3v) is 8.41. The van der Waals surface area contributed by atoms with Crippen LogP contribution in [0.4, 0.5) is 5.69 Å². The molecule has 0 saturated carbocycles. The van der Waals surface area contributed by atoms with Crippen LogP contribution in [0.1, 0.15) is 31.9 Å². The Hall–Kier alpha value is -4.05. The van der Waals surface area contributed by atoms with Crippen LogP contribution in [0.5, 0.6) is 11.5 Å². The second kappa shape index (κ2) is 14.0. The number of nitrogens with one attached hydrogen (secondary N) is 1. The Labute approximate surface area is 243 Å². The number of methoxy groups -OCH3 is 2. The summed E-state index contributed by atoms with van der Waals surface area (Å²) < 4.78 is 39.8. The Balaban J connectivity index is 2.04. The smallest absolute Gasteiger partial charge is 0.264 e. The Morgan fingerprint density at radius 2 is 1.51 bits per heavy atom. The summed E-state index contributed by atoms with van der Waals surface area (Å²) in [4.78, 5) is 28.4. The van der Waals surface area contributed by atoms with Crippen LogP contribution >= 0.6 is 0 Å². The first kappa shape index (κ1) is 31.5. The number of ether oxygens (including phenoxy) is 2. The van der Waals surface area contributed by atoms with Crippen molar-refractivity contribution < 1.29 is 27.5 Å². The van der Waals surface area contributed by atoms with E-state index in [-0.39, 0.29) is 29.1 Å². The van der Waals surface area contributed by atoms with Gasteiger partial charge in [-0.2, -0.15) is 0 Å². The van der Waals surface area contributed by atoms with Crippen molar-refractivity contribution in [2.24, 2.45) is 0 Å². The second-order valence-electron chi connectivity index (χ2n) is 10.0. The Kier molecular flexibility index (Phi) is 10.8. The monoisotopic (exact) mass is 581 g/mol. The summed E-state index contributed by atoms with van der Waals surface area (Å²) in [6, 6.07) is 19.7. The van der Waals surface area contributed by atoms with E-state index in [4.69, 9.17) is 9.47 Å². The number of anilines is 1. The third-order valence-electron chi connectivity index (χ3n) is 6.63. The number of carbonyl (C=O) groups excluding carboxylic acids is 2. The lowest BCUT2D eigenvalue weighted by molar-refractivity contribution is -0.139. The predicted octanol–water partition coefficient (Wildman–Crippen LogP) is 4.19. The van der Waals surface area contributed by atoms with E-state index in [0.717, 1.165) is 15.4 Å². The zero-order chi connectivity index (χ0) is 30.2. The molecule has 3 aromatic carbocycles. The van der Waals surface area contributed by atoms with Crippen LogP contribution in [-0.2, 0) is 26.0 Å². The zero-order valence-electron chi connectivity index (χ0n) is 24.5. The second-order valence-corrected chi connectivity index (χ2v) is 11.9. The lowest BCUT2D eigenvalue weighted by Gasteiger charge is -2.32. The van der Waals surface area contributed by atoms with E-state index in [9.17, 15) is 18.0 Å². The van der Waals surface area contributed by atoms with Crippen LogP contribution in [-0.4, -0.2) is 64.5 Å². The van der Waals surface area contributed by atoms with Crippen LogP contribution in [0.15, 0.2) is 77.7 Å². The summed E-state index contributed by atoms with van der Waals surface area (Å²) in [5.74, 6) is -0.107. The molecule has 0 spiro atoms. The number of hydrogen-bond acceptors (Lipinski definition) is 6. The van der Waals surface area contributed by atoms with Gasteiger partial charge in [0.15, 0.2) is 11.5 Å². The molecule has 0 unspecified atom stereocenters. The van der Waals surface area contributed by atoms with Crippen molar-refractivity contribution >= 4 is 27.5 Å². The number of rotatable bonds is 13. The molecule has 0 radical (unpaired) electrons. The van der Waals surface area contributed by atoms with Gasteiger partial charge in [0, 0.05) is 18.7 Å². The minimum Gasteiger partial charge on any atom is -0.493 e. The van der Waals surface area contributed by atoms with Crippen LogP contribution < -0.4 is 19.1 Å². The molecular weight excluding hydrogens is 542 g/mol. The topological polar surface area (TPSA) is 105 Å². The number of amides is 2. The lowest BCUT2D eigenvalue weighted by Crippen LogP contribution is -2.53.